The fraction of sp³-hybridized carbons (Fsp3) is 0.0455. The molecule has 0 aliphatic heterocycles. The number of nitrogens with zero attached hydrogens (tertiary/aromatic N) is 4. The molecule has 1 N–H and O–H groups in total. The SMILES string of the molecule is c1ccc(-c2ccc(Cn3ccc4cc(-c5nn[nH]n5)ccc43)cc2)cc1. The molecule has 5 heteroatoms. The molecule has 3 aromatic carbocycles. The van der Waals surface area contributed by atoms with Gasteiger partial charge in [0.2, 0.25) is 5.82 Å². The Balaban J connectivity index is 1.41. The Morgan fingerprint density at radius 3 is 2.33 bits per heavy atom. The number of nitrogens with one attached hydrogen (secondary N) is 1. The second-order valence-corrected chi connectivity index (χ2v) is 6.52. The lowest BCUT2D eigenvalue weighted by Gasteiger charge is -2.08. The molecule has 27 heavy (non-hydrogen) atoms. The highest BCUT2D eigenvalue weighted by Gasteiger charge is 2.07. The van der Waals surface area contributed by atoms with Crippen molar-refractivity contribution in [3.63, 3.8) is 0 Å². The minimum atomic E-state index is 0.612. The van der Waals surface area contributed by atoms with Gasteiger partial charge in [-0.2, -0.15) is 5.21 Å². The van der Waals surface area contributed by atoms with Gasteiger partial charge in [0.1, 0.15) is 0 Å². The van der Waals surface area contributed by atoms with Gasteiger partial charge in [-0.25, -0.2) is 0 Å². The Morgan fingerprint density at radius 1 is 0.778 bits per heavy atom. The Kier molecular flexibility index (Phi) is 3.76. The molecule has 0 unspecified atom stereocenters. The van der Waals surface area contributed by atoms with Gasteiger partial charge < -0.3 is 4.57 Å². The summed E-state index contributed by atoms with van der Waals surface area (Å²) in [5.74, 6) is 0.612. The zero-order valence-electron chi connectivity index (χ0n) is 14.6. The van der Waals surface area contributed by atoms with Gasteiger partial charge in [0.25, 0.3) is 0 Å². The van der Waals surface area contributed by atoms with Crippen LogP contribution in [0, 0.1) is 0 Å². The molecule has 130 valence electrons. The van der Waals surface area contributed by atoms with Crippen LogP contribution in [-0.4, -0.2) is 25.2 Å². The van der Waals surface area contributed by atoms with Gasteiger partial charge in [-0.05, 0) is 46.2 Å². The Labute approximate surface area is 156 Å². The highest BCUT2D eigenvalue weighted by atomic mass is 15.5. The number of aromatic amines is 1. The van der Waals surface area contributed by atoms with Crippen molar-refractivity contribution in [2.75, 3.05) is 0 Å². The second-order valence-electron chi connectivity index (χ2n) is 6.52. The van der Waals surface area contributed by atoms with E-state index in [-0.39, 0.29) is 0 Å². The molecule has 0 bridgehead atoms. The lowest BCUT2D eigenvalue weighted by atomic mass is 10.0. The van der Waals surface area contributed by atoms with Crippen LogP contribution in [0.15, 0.2) is 85.1 Å². The number of hydrogen-bond donors (Lipinski definition) is 1. The summed E-state index contributed by atoms with van der Waals surface area (Å²) < 4.78 is 2.26. The van der Waals surface area contributed by atoms with E-state index < -0.39 is 0 Å². The lowest BCUT2D eigenvalue weighted by Crippen LogP contribution is -1.97. The van der Waals surface area contributed by atoms with E-state index in [1.54, 1.807) is 0 Å². The molecule has 0 aliphatic carbocycles. The predicted octanol–water partition coefficient (Wildman–Crippen LogP) is 4.54. The van der Waals surface area contributed by atoms with Crippen LogP contribution in [0.4, 0.5) is 0 Å². The van der Waals surface area contributed by atoms with Gasteiger partial charge >= 0.3 is 0 Å². The standard InChI is InChI=1S/C22H17N5/c1-2-4-17(5-3-1)18-8-6-16(7-9-18)15-27-13-12-19-14-20(10-11-21(19)27)22-23-25-26-24-22/h1-14H,15H2,(H,23,24,25,26). The molecular weight excluding hydrogens is 334 g/mol. The van der Waals surface area contributed by atoms with Crippen molar-refractivity contribution in [1.82, 2.24) is 25.2 Å². The smallest absolute Gasteiger partial charge is 0.204 e. The van der Waals surface area contributed by atoms with Crippen LogP contribution in [0.3, 0.4) is 0 Å². The molecule has 0 saturated carbocycles. The zero-order valence-corrected chi connectivity index (χ0v) is 14.6. The van der Waals surface area contributed by atoms with Gasteiger partial charge in [0.15, 0.2) is 0 Å². The van der Waals surface area contributed by atoms with Gasteiger partial charge in [0.05, 0.1) is 0 Å². The summed E-state index contributed by atoms with van der Waals surface area (Å²) in [7, 11) is 0. The number of fused-ring (bicyclic) bond motifs is 1. The van der Waals surface area contributed by atoms with Gasteiger partial charge in [-0.1, -0.05) is 54.6 Å². The Morgan fingerprint density at radius 2 is 1.56 bits per heavy atom. The molecule has 0 fully saturated rings. The largest absolute Gasteiger partial charge is 0.343 e. The average molecular weight is 351 g/mol. The molecule has 2 aromatic heterocycles. The Hall–Kier alpha value is -3.73. The summed E-state index contributed by atoms with van der Waals surface area (Å²) in [6.07, 6.45) is 2.12. The molecule has 0 saturated heterocycles. The maximum atomic E-state index is 4.05. The van der Waals surface area contributed by atoms with Crippen LogP contribution in [0.5, 0.6) is 0 Å². The molecular formula is C22H17N5. The molecule has 0 spiro atoms. The van der Waals surface area contributed by atoms with Crippen LogP contribution in [0.1, 0.15) is 5.56 Å². The van der Waals surface area contributed by atoms with E-state index >= 15 is 0 Å². The first-order chi connectivity index (χ1) is 13.4. The summed E-state index contributed by atoms with van der Waals surface area (Å²) in [5, 5.41) is 15.4. The minimum Gasteiger partial charge on any atom is -0.343 e. The number of hydrogen-bond acceptors (Lipinski definition) is 3. The first kappa shape index (κ1) is 15.5. The van der Waals surface area contributed by atoms with Crippen LogP contribution >= 0.6 is 0 Å². The summed E-state index contributed by atoms with van der Waals surface area (Å²) in [4.78, 5) is 0. The number of benzene rings is 3. The van der Waals surface area contributed by atoms with Crippen molar-refractivity contribution in [3.8, 4) is 22.5 Å². The third kappa shape index (κ3) is 3.00. The first-order valence-electron chi connectivity index (χ1n) is 8.84. The molecule has 5 aromatic rings. The molecule has 0 amide bonds. The van der Waals surface area contributed by atoms with Crippen LogP contribution < -0.4 is 0 Å². The third-order valence-corrected chi connectivity index (χ3v) is 4.79. The van der Waals surface area contributed by atoms with E-state index in [4.69, 9.17) is 0 Å². The van der Waals surface area contributed by atoms with Gasteiger partial charge in [-0.3, -0.25) is 0 Å². The summed E-state index contributed by atoms with van der Waals surface area (Å²) in [6.45, 7) is 0.833. The zero-order chi connectivity index (χ0) is 18.1. The lowest BCUT2D eigenvalue weighted by molar-refractivity contribution is 0.837. The molecule has 5 nitrogen and oxygen atoms in total. The van der Waals surface area contributed by atoms with E-state index in [9.17, 15) is 0 Å². The summed E-state index contributed by atoms with van der Waals surface area (Å²) >= 11 is 0. The quantitative estimate of drug-likeness (QED) is 0.517. The van der Waals surface area contributed by atoms with Gasteiger partial charge in [0, 0.05) is 29.2 Å². The molecule has 0 atom stereocenters. The van der Waals surface area contributed by atoms with Crippen molar-refractivity contribution in [3.05, 3.63) is 90.6 Å². The highest BCUT2D eigenvalue weighted by Crippen LogP contribution is 2.24. The molecule has 0 radical (unpaired) electrons. The average Bonchev–Trinajstić information content (AvgIpc) is 3.39. The second kappa shape index (κ2) is 6.53. The van der Waals surface area contributed by atoms with E-state index in [1.807, 2.05) is 12.1 Å². The van der Waals surface area contributed by atoms with Crippen molar-refractivity contribution in [2.24, 2.45) is 0 Å². The van der Waals surface area contributed by atoms with Crippen LogP contribution in [0.2, 0.25) is 0 Å². The monoisotopic (exact) mass is 351 g/mol. The Bertz CT molecular complexity index is 1170. The van der Waals surface area contributed by atoms with Crippen molar-refractivity contribution < 1.29 is 0 Å². The fourth-order valence-electron chi connectivity index (χ4n) is 3.39. The van der Waals surface area contributed by atoms with Crippen molar-refractivity contribution in [1.29, 1.82) is 0 Å². The number of aromatic nitrogens is 5. The number of tetrazole rings is 1. The van der Waals surface area contributed by atoms with Crippen LogP contribution in [-0.2, 0) is 6.54 Å². The number of H-pyrrole nitrogens is 1. The van der Waals surface area contributed by atoms with Gasteiger partial charge in [-0.15, -0.1) is 10.2 Å². The summed E-state index contributed by atoms with van der Waals surface area (Å²) in [6, 6.07) is 27.6. The predicted molar refractivity (Wildman–Crippen MR) is 106 cm³/mol. The highest BCUT2D eigenvalue weighted by molar-refractivity contribution is 5.84. The number of rotatable bonds is 4. The van der Waals surface area contributed by atoms with Crippen molar-refractivity contribution in [2.45, 2.75) is 6.54 Å². The minimum absolute atomic E-state index is 0.612. The van der Waals surface area contributed by atoms with E-state index in [2.05, 4.69) is 98.1 Å². The maximum Gasteiger partial charge on any atom is 0.204 e. The normalized spacial score (nSPS) is 11.1. The van der Waals surface area contributed by atoms with E-state index in [0.29, 0.717) is 5.82 Å². The molecule has 5 rings (SSSR count). The topological polar surface area (TPSA) is 59.4 Å². The van der Waals surface area contributed by atoms with E-state index in [0.717, 1.165) is 12.1 Å². The first-order valence-corrected chi connectivity index (χ1v) is 8.84. The maximum absolute atomic E-state index is 4.05. The molecule has 0 aliphatic rings. The third-order valence-electron chi connectivity index (χ3n) is 4.79. The summed E-state index contributed by atoms with van der Waals surface area (Å²) in [5.41, 5.74) is 5.90. The van der Waals surface area contributed by atoms with Crippen molar-refractivity contribution >= 4 is 10.9 Å². The van der Waals surface area contributed by atoms with E-state index in [1.165, 1.54) is 27.6 Å². The molecule has 2 heterocycles. The fourth-order valence-corrected chi connectivity index (χ4v) is 3.39. The van der Waals surface area contributed by atoms with Crippen LogP contribution in [0.25, 0.3) is 33.4 Å².